The number of rotatable bonds is 10. The Morgan fingerprint density at radius 1 is 1.20 bits per heavy atom. The van der Waals surface area contributed by atoms with Crippen LogP contribution in [0.15, 0.2) is 43.0 Å². The first-order valence-corrected chi connectivity index (χ1v) is 13.8. The van der Waals surface area contributed by atoms with E-state index in [0.717, 1.165) is 18.4 Å². The molecule has 0 unspecified atom stereocenters. The van der Waals surface area contributed by atoms with Crippen LogP contribution >= 0.6 is 0 Å². The summed E-state index contributed by atoms with van der Waals surface area (Å²) in [5.74, 6) is 0.123. The first-order chi connectivity index (χ1) is 21.1. The van der Waals surface area contributed by atoms with Crippen LogP contribution in [0.5, 0.6) is 0 Å². The maximum absolute atomic E-state index is 13.4. The van der Waals surface area contributed by atoms with E-state index in [-0.39, 0.29) is 41.5 Å². The van der Waals surface area contributed by atoms with Crippen LogP contribution in [-0.4, -0.2) is 67.1 Å². The summed E-state index contributed by atoms with van der Waals surface area (Å²) >= 11 is 0. The number of alkyl halides is 3. The zero-order chi connectivity index (χ0) is 31.9. The van der Waals surface area contributed by atoms with E-state index in [4.69, 9.17) is 15.6 Å². The normalized spacial score (nSPS) is 15.9. The summed E-state index contributed by atoms with van der Waals surface area (Å²) in [6.45, 7) is 2.56. The molecule has 0 spiro atoms. The number of aromatic nitrogens is 5. The van der Waals surface area contributed by atoms with E-state index >= 15 is 0 Å². The lowest BCUT2D eigenvalue weighted by Gasteiger charge is -2.31. The van der Waals surface area contributed by atoms with Crippen LogP contribution in [0.1, 0.15) is 47.8 Å². The summed E-state index contributed by atoms with van der Waals surface area (Å²) in [5.41, 5.74) is 7.06. The molecule has 4 aromatic rings. The summed E-state index contributed by atoms with van der Waals surface area (Å²) < 4.78 is 41.7. The van der Waals surface area contributed by atoms with E-state index in [1.807, 2.05) is 13.0 Å². The second-order valence-corrected chi connectivity index (χ2v) is 10.0. The molecule has 0 bridgehead atoms. The number of aromatic amines is 1. The highest BCUT2D eigenvalue weighted by Crippen LogP contribution is 2.36. The van der Waals surface area contributed by atoms with Crippen molar-refractivity contribution < 1.29 is 32.7 Å². The molecule has 234 valence electrons. The number of carbonyl (C=O) groups is 3. The van der Waals surface area contributed by atoms with Gasteiger partial charge in [-0.1, -0.05) is 6.92 Å². The Kier molecular flexibility index (Phi) is 10.2. The molecular formula is C28H32F3N9O4. The molecule has 1 aromatic carbocycles. The van der Waals surface area contributed by atoms with Crippen molar-refractivity contribution in [3.8, 4) is 11.3 Å². The van der Waals surface area contributed by atoms with Crippen molar-refractivity contribution in [2.45, 2.75) is 44.8 Å². The zero-order valence-corrected chi connectivity index (χ0v) is 23.7. The second kappa shape index (κ2) is 14.0. The number of benzene rings is 1. The van der Waals surface area contributed by atoms with Crippen molar-refractivity contribution in [3.05, 3.63) is 59.8 Å². The minimum Gasteiger partial charge on any atom is -0.483 e. The number of imidazole rings is 1. The van der Waals surface area contributed by atoms with Gasteiger partial charge in [0.25, 0.3) is 12.4 Å². The first-order valence-electron chi connectivity index (χ1n) is 13.8. The number of halogens is 3. The van der Waals surface area contributed by atoms with Gasteiger partial charge in [0.05, 0.1) is 17.5 Å². The third kappa shape index (κ3) is 7.31. The van der Waals surface area contributed by atoms with E-state index in [9.17, 15) is 22.8 Å². The molecular weight excluding hydrogens is 583 g/mol. The van der Waals surface area contributed by atoms with Crippen molar-refractivity contribution in [3.63, 3.8) is 0 Å². The molecule has 3 aromatic heterocycles. The van der Waals surface area contributed by atoms with Crippen LogP contribution in [-0.2, 0) is 22.2 Å². The predicted octanol–water partition coefficient (Wildman–Crippen LogP) is 3.12. The maximum atomic E-state index is 13.4. The molecule has 1 fully saturated rings. The van der Waals surface area contributed by atoms with E-state index in [1.54, 1.807) is 12.1 Å². The lowest BCUT2D eigenvalue weighted by molar-refractivity contribution is -0.140. The van der Waals surface area contributed by atoms with E-state index in [1.165, 1.54) is 29.2 Å². The summed E-state index contributed by atoms with van der Waals surface area (Å²) in [7, 11) is 0. The fourth-order valence-electron chi connectivity index (χ4n) is 4.85. The summed E-state index contributed by atoms with van der Waals surface area (Å²) in [4.78, 5) is 41.8. The van der Waals surface area contributed by atoms with Gasteiger partial charge in [0, 0.05) is 54.9 Å². The molecule has 5 rings (SSSR count). The molecule has 3 heterocycles. The fourth-order valence-corrected chi connectivity index (χ4v) is 4.85. The van der Waals surface area contributed by atoms with Gasteiger partial charge in [-0.3, -0.25) is 23.9 Å². The van der Waals surface area contributed by atoms with Gasteiger partial charge < -0.3 is 26.8 Å². The number of nitrogens with one attached hydrogen (secondary N) is 4. The van der Waals surface area contributed by atoms with E-state index in [0.29, 0.717) is 48.6 Å². The summed E-state index contributed by atoms with van der Waals surface area (Å²) in [5, 5.41) is 21.5. The number of aryl methyl sites for hydroxylation is 1. The molecule has 0 atom stereocenters. The van der Waals surface area contributed by atoms with Gasteiger partial charge in [0.2, 0.25) is 5.91 Å². The van der Waals surface area contributed by atoms with Gasteiger partial charge >= 0.3 is 6.18 Å². The SMILES string of the molecule is CCc1cc(Nc2nccn3c(-c4c[nH]nc4C(F)(F)F)cnc23)ccc1C(=O)NCCCNC(=O)[C@H]1C[C@@H](N)C1.O=CO. The van der Waals surface area contributed by atoms with Crippen molar-refractivity contribution in [1.82, 2.24) is 35.2 Å². The van der Waals surface area contributed by atoms with Crippen molar-refractivity contribution in [2.75, 3.05) is 18.4 Å². The van der Waals surface area contributed by atoms with Crippen molar-refractivity contribution in [2.24, 2.45) is 11.7 Å². The predicted molar refractivity (Wildman–Crippen MR) is 154 cm³/mol. The number of H-pyrrole nitrogens is 1. The highest BCUT2D eigenvalue weighted by molar-refractivity contribution is 5.96. The van der Waals surface area contributed by atoms with Crippen LogP contribution in [0.2, 0.25) is 0 Å². The monoisotopic (exact) mass is 615 g/mol. The number of nitrogens with zero attached hydrogens (tertiary/aromatic N) is 4. The quantitative estimate of drug-likeness (QED) is 0.115. The standard InChI is InChI=1S/C27H30F3N9O2.CH2O2/c1-2-15-12-18(4-5-19(15)26(41)34-7-3-6-33-25(40)16-10-17(31)11-16)37-23-24-35-14-21(39(24)9-8-32-23)20-13-36-38-22(20)27(28,29)30;2-1-3/h4-5,8-9,12-14,16-17H,2-3,6-7,10-11,31H2,1H3,(H,32,37)(H,33,40)(H,34,41)(H,36,38);1H,(H,2,3)/t16-,17+;. The van der Waals surface area contributed by atoms with Gasteiger partial charge in [0.15, 0.2) is 17.2 Å². The van der Waals surface area contributed by atoms with Gasteiger partial charge in [-0.15, -0.1) is 0 Å². The van der Waals surface area contributed by atoms with Crippen molar-refractivity contribution in [1.29, 1.82) is 0 Å². The molecule has 0 saturated heterocycles. The molecule has 0 radical (unpaired) electrons. The number of amides is 2. The van der Waals surface area contributed by atoms with Crippen LogP contribution in [0.4, 0.5) is 24.7 Å². The van der Waals surface area contributed by atoms with Crippen LogP contribution in [0.25, 0.3) is 16.9 Å². The Labute approximate surface area is 249 Å². The molecule has 7 N–H and O–H groups in total. The van der Waals surface area contributed by atoms with Gasteiger partial charge in [-0.05, 0) is 49.4 Å². The smallest absolute Gasteiger partial charge is 0.435 e. The molecule has 2 amide bonds. The number of anilines is 2. The molecule has 13 nitrogen and oxygen atoms in total. The number of carboxylic acid groups (broad SMARTS) is 1. The largest absolute Gasteiger partial charge is 0.483 e. The molecule has 1 aliphatic rings. The highest BCUT2D eigenvalue weighted by Gasteiger charge is 2.37. The Bertz CT molecular complexity index is 1610. The lowest BCUT2D eigenvalue weighted by Crippen LogP contribution is -2.45. The molecule has 1 saturated carbocycles. The third-order valence-corrected chi connectivity index (χ3v) is 7.09. The Hall–Kier alpha value is -4.99. The van der Waals surface area contributed by atoms with Gasteiger partial charge in [-0.2, -0.15) is 18.3 Å². The molecule has 1 aliphatic carbocycles. The number of hydrogen-bond acceptors (Lipinski definition) is 8. The number of carbonyl (C=O) groups excluding carboxylic acids is 2. The third-order valence-electron chi connectivity index (χ3n) is 7.09. The van der Waals surface area contributed by atoms with Gasteiger partial charge in [0.1, 0.15) is 0 Å². The first kappa shape index (κ1) is 31.9. The number of fused-ring (bicyclic) bond motifs is 1. The minimum absolute atomic E-state index is 0.00441. The highest BCUT2D eigenvalue weighted by atomic mass is 19.4. The van der Waals surface area contributed by atoms with Crippen LogP contribution < -0.4 is 21.7 Å². The lowest BCUT2D eigenvalue weighted by atomic mass is 9.80. The van der Waals surface area contributed by atoms with E-state index in [2.05, 4.69) is 36.1 Å². The Morgan fingerprint density at radius 2 is 1.93 bits per heavy atom. The Balaban J connectivity index is 0.00000141. The molecule has 44 heavy (non-hydrogen) atoms. The zero-order valence-electron chi connectivity index (χ0n) is 23.7. The number of hydrogen-bond donors (Lipinski definition) is 6. The Morgan fingerprint density at radius 3 is 2.61 bits per heavy atom. The number of nitrogens with two attached hydrogens (primary N) is 1. The van der Waals surface area contributed by atoms with E-state index < -0.39 is 11.9 Å². The minimum atomic E-state index is -4.63. The van der Waals surface area contributed by atoms with Gasteiger partial charge in [-0.25, -0.2) is 9.97 Å². The summed E-state index contributed by atoms with van der Waals surface area (Å²) in [6.07, 6.45) is 3.49. The second-order valence-electron chi connectivity index (χ2n) is 10.0. The van der Waals surface area contributed by atoms with Crippen LogP contribution in [0.3, 0.4) is 0 Å². The van der Waals surface area contributed by atoms with Crippen LogP contribution in [0, 0.1) is 5.92 Å². The van der Waals surface area contributed by atoms with Crippen molar-refractivity contribution >= 4 is 35.4 Å². The molecule has 16 heteroatoms. The fraction of sp³-hybridized carbons (Fsp3) is 0.357. The average molecular weight is 616 g/mol. The summed E-state index contributed by atoms with van der Waals surface area (Å²) in [6, 6.07) is 5.37. The topological polar surface area (TPSA) is 192 Å². The maximum Gasteiger partial charge on any atom is 0.435 e. The molecule has 0 aliphatic heterocycles. The average Bonchev–Trinajstić information content (AvgIpc) is 3.63.